The number of halogens is 2. The van der Waals surface area contributed by atoms with E-state index in [1.807, 2.05) is 4.90 Å². The van der Waals surface area contributed by atoms with Crippen molar-refractivity contribution in [3.05, 3.63) is 33.8 Å². The van der Waals surface area contributed by atoms with Gasteiger partial charge in [-0.05, 0) is 24.1 Å². The van der Waals surface area contributed by atoms with Crippen LogP contribution in [0.3, 0.4) is 0 Å². The average molecular weight is 344 g/mol. The van der Waals surface area contributed by atoms with Crippen LogP contribution in [0.15, 0.2) is 18.2 Å². The molecule has 0 atom stereocenters. The Bertz CT molecular complexity index is 545. The molecular weight excluding hydrogens is 325 g/mol. The molecule has 22 heavy (non-hydrogen) atoms. The predicted octanol–water partition coefficient (Wildman–Crippen LogP) is 1.56. The van der Waals surface area contributed by atoms with Gasteiger partial charge in [0, 0.05) is 36.2 Å². The standard InChI is InChI=1S/C15H19Cl2N3O2/c16-12-3-1-4-13(17)11(12)9-15(22)20-6-2-5-19(7-8-20)10-14(18)21/h1,3-4H,2,5-10H2,(H2,18,21). The summed E-state index contributed by atoms with van der Waals surface area (Å²) < 4.78 is 0. The normalized spacial score (nSPS) is 16.4. The Morgan fingerprint density at radius 1 is 1.09 bits per heavy atom. The highest BCUT2D eigenvalue weighted by molar-refractivity contribution is 6.36. The van der Waals surface area contributed by atoms with Gasteiger partial charge in [0.15, 0.2) is 0 Å². The van der Waals surface area contributed by atoms with Gasteiger partial charge in [-0.15, -0.1) is 0 Å². The summed E-state index contributed by atoms with van der Waals surface area (Å²) in [6.45, 7) is 2.88. The lowest BCUT2D eigenvalue weighted by molar-refractivity contribution is -0.130. The predicted molar refractivity (Wildman–Crippen MR) is 87.0 cm³/mol. The smallest absolute Gasteiger partial charge is 0.231 e. The summed E-state index contributed by atoms with van der Waals surface area (Å²) in [5.41, 5.74) is 5.87. The second-order valence-electron chi connectivity index (χ2n) is 5.35. The molecule has 1 aliphatic heterocycles. The lowest BCUT2D eigenvalue weighted by atomic mass is 10.1. The maximum atomic E-state index is 12.5. The molecule has 1 saturated heterocycles. The third-order valence-corrected chi connectivity index (χ3v) is 4.42. The van der Waals surface area contributed by atoms with Gasteiger partial charge in [0.2, 0.25) is 11.8 Å². The fraction of sp³-hybridized carbons (Fsp3) is 0.467. The van der Waals surface area contributed by atoms with E-state index < -0.39 is 0 Å². The van der Waals surface area contributed by atoms with Crippen molar-refractivity contribution in [1.82, 2.24) is 9.80 Å². The molecule has 0 aliphatic carbocycles. The molecule has 1 aromatic rings. The van der Waals surface area contributed by atoms with E-state index in [0.717, 1.165) is 13.0 Å². The molecule has 1 aromatic carbocycles. The Balaban J connectivity index is 1.97. The summed E-state index contributed by atoms with van der Waals surface area (Å²) in [4.78, 5) is 27.2. The summed E-state index contributed by atoms with van der Waals surface area (Å²) in [5, 5.41) is 1.01. The zero-order valence-corrected chi connectivity index (χ0v) is 13.7. The van der Waals surface area contributed by atoms with Gasteiger partial charge in [0.05, 0.1) is 13.0 Å². The van der Waals surface area contributed by atoms with Crippen LogP contribution in [0.2, 0.25) is 10.0 Å². The number of nitrogens with two attached hydrogens (primary N) is 1. The fourth-order valence-corrected chi connectivity index (χ4v) is 3.09. The Hall–Kier alpha value is -1.30. The SMILES string of the molecule is NC(=O)CN1CCCN(C(=O)Cc2c(Cl)cccc2Cl)CC1. The van der Waals surface area contributed by atoms with Gasteiger partial charge in [-0.2, -0.15) is 0 Å². The molecule has 1 heterocycles. The highest BCUT2D eigenvalue weighted by atomic mass is 35.5. The number of hydrogen-bond acceptors (Lipinski definition) is 3. The first kappa shape index (κ1) is 17.1. The molecule has 0 aromatic heterocycles. The van der Waals surface area contributed by atoms with Crippen LogP contribution in [0.1, 0.15) is 12.0 Å². The maximum absolute atomic E-state index is 12.5. The van der Waals surface area contributed by atoms with Gasteiger partial charge in [-0.1, -0.05) is 29.3 Å². The first-order chi connectivity index (χ1) is 10.5. The van der Waals surface area contributed by atoms with Gasteiger partial charge in [0.25, 0.3) is 0 Å². The largest absolute Gasteiger partial charge is 0.369 e. The second kappa shape index (κ2) is 7.81. The zero-order valence-electron chi connectivity index (χ0n) is 12.2. The molecule has 0 unspecified atom stereocenters. The monoisotopic (exact) mass is 343 g/mol. The third-order valence-electron chi connectivity index (χ3n) is 3.71. The van der Waals surface area contributed by atoms with E-state index >= 15 is 0 Å². The Kier molecular flexibility index (Phi) is 6.06. The van der Waals surface area contributed by atoms with Crippen LogP contribution in [0.4, 0.5) is 0 Å². The number of amides is 2. The van der Waals surface area contributed by atoms with Gasteiger partial charge in [-0.25, -0.2) is 0 Å². The van der Waals surface area contributed by atoms with E-state index in [-0.39, 0.29) is 24.8 Å². The van der Waals surface area contributed by atoms with Crippen molar-refractivity contribution in [1.29, 1.82) is 0 Å². The maximum Gasteiger partial charge on any atom is 0.231 e. The second-order valence-corrected chi connectivity index (χ2v) is 6.17. The summed E-state index contributed by atoms with van der Waals surface area (Å²) in [6, 6.07) is 5.21. The van der Waals surface area contributed by atoms with E-state index in [4.69, 9.17) is 28.9 Å². The molecule has 2 amide bonds. The van der Waals surface area contributed by atoms with Crippen molar-refractivity contribution in [3.8, 4) is 0 Å². The van der Waals surface area contributed by atoms with Crippen LogP contribution in [0.25, 0.3) is 0 Å². The summed E-state index contributed by atoms with van der Waals surface area (Å²) in [7, 11) is 0. The van der Waals surface area contributed by atoms with Crippen LogP contribution in [-0.4, -0.2) is 54.3 Å². The van der Waals surface area contributed by atoms with Crippen molar-refractivity contribution in [2.75, 3.05) is 32.7 Å². The van der Waals surface area contributed by atoms with E-state index in [2.05, 4.69) is 0 Å². The van der Waals surface area contributed by atoms with Crippen molar-refractivity contribution >= 4 is 35.0 Å². The van der Waals surface area contributed by atoms with Crippen molar-refractivity contribution in [2.45, 2.75) is 12.8 Å². The molecule has 1 aliphatic rings. The molecule has 0 saturated carbocycles. The number of rotatable bonds is 4. The minimum Gasteiger partial charge on any atom is -0.369 e. The van der Waals surface area contributed by atoms with E-state index in [1.165, 1.54) is 0 Å². The molecule has 5 nitrogen and oxygen atoms in total. The zero-order chi connectivity index (χ0) is 16.1. The Labute approximate surface area is 139 Å². The number of nitrogens with zero attached hydrogens (tertiary/aromatic N) is 2. The van der Waals surface area contributed by atoms with Gasteiger partial charge >= 0.3 is 0 Å². The molecule has 0 spiro atoms. The minimum absolute atomic E-state index is 0.00377. The number of hydrogen-bond donors (Lipinski definition) is 1. The number of primary amides is 1. The average Bonchev–Trinajstić information content (AvgIpc) is 2.68. The van der Waals surface area contributed by atoms with Gasteiger partial charge in [0.1, 0.15) is 0 Å². The highest BCUT2D eigenvalue weighted by Crippen LogP contribution is 2.25. The van der Waals surface area contributed by atoms with Gasteiger partial charge in [-0.3, -0.25) is 14.5 Å². The van der Waals surface area contributed by atoms with Crippen molar-refractivity contribution in [2.24, 2.45) is 5.73 Å². The number of carbonyl (C=O) groups is 2. The van der Waals surface area contributed by atoms with Crippen LogP contribution in [0, 0.1) is 0 Å². The molecule has 7 heteroatoms. The fourth-order valence-electron chi connectivity index (χ4n) is 2.56. The van der Waals surface area contributed by atoms with Crippen LogP contribution >= 0.6 is 23.2 Å². The lowest BCUT2D eigenvalue weighted by Crippen LogP contribution is -2.38. The summed E-state index contributed by atoms with van der Waals surface area (Å²) >= 11 is 12.2. The van der Waals surface area contributed by atoms with E-state index in [0.29, 0.717) is 35.2 Å². The van der Waals surface area contributed by atoms with Crippen LogP contribution < -0.4 is 5.73 Å². The molecule has 0 radical (unpaired) electrons. The molecule has 120 valence electrons. The number of carbonyl (C=O) groups excluding carboxylic acids is 2. The van der Waals surface area contributed by atoms with Crippen LogP contribution in [0.5, 0.6) is 0 Å². The molecule has 2 rings (SSSR count). The Morgan fingerprint density at radius 2 is 1.77 bits per heavy atom. The van der Waals surface area contributed by atoms with Crippen molar-refractivity contribution in [3.63, 3.8) is 0 Å². The van der Waals surface area contributed by atoms with E-state index in [9.17, 15) is 9.59 Å². The van der Waals surface area contributed by atoms with Crippen LogP contribution in [-0.2, 0) is 16.0 Å². The first-order valence-electron chi connectivity index (χ1n) is 7.18. The van der Waals surface area contributed by atoms with Crippen molar-refractivity contribution < 1.29 is 9.59 Å². The molecule has 0 bridgehead atoms. The lowest BCUT2D eigenvalue weighted by Gasteiger charge is -2.21. The van der Waals surface area contributed by atoms with E-state index in [1.54, 1.807) is 23.1 Å². The highest BCUT2D eigenvalue weighted by Gasteiger charge is 2.21. The van der Waals surface area contributed by atoms with Gasteiger partial charge < -0.3 is 10.6 Å². The summed E-state index contributed by atoms with van der Waals surface area (Å²) in [6.07, 6.45) is 1.00. The first-order valence-corrected chi connectivity index (χ1v) is 7.94. The quantitative estimate of drug-likeness (QED) is 0.901. The molecule has 1 fully saturated rings. The third kappa shape index (κ3) is 4.60. The Morgan fingerprint density at radius 3 is 2.41 bits per heavy atom. The number of benzene rings is 1. The topological polar surface area (TPSA) is 66.6 Å². The minimum atomic E-state index is -0.345. The molecular formula is C15H19Cl2N3O2. The summed E-state index contributed by atoms with van der Waals surface area (Å²) in [5.74, 6) is -0.349. The molecule has 2 N–H and O–H groups in total.